The van der Waals surface area contributed by atoms with Gasteiger partial charge in [-0.3, -0.25) is 9.59 Å². The molecular formula is C11H21NO3. The van der Waals surface area contributed by atoms with Crippen LogP contribution in [0.3, 0.4) is 0 Å². The number of carbonyl (C=O) groups is 2. The Morgan fingerprint density at radius 3 is 2.47 bits per heavy atom. The first-order valence-electron chi connectivity index (χ1n) is 5.59. The fourth-order valence-electron chi connectivity index (χ4n) is 1.05. The second-order valence-corrected chi connectivity index (χ2v) is 3.53. The molecule has 0 spiro atoms. The fourth-order valence-corrected chi connectivity index (χ4v) is 1.05. The molecule has 0 rings (SSSR count). The van der Waals surface area contributed by atoms with Crippen molar-refractivity contribution in [3.8, 4) is 0 Å². The molecular weight excluding hydrogens is 194 g/mol. The largest absolute Gasteiger partial charge is 0.453 e. The molecule has 1 N–H and O–H groups in total. The molecule has 0 radical (unpaired) electrons. The number of hydrogen-bond acceptors (Lipinski definition) is 3. The Labute approximate surface area is 91.4 Å². The molecule has 0 fully saturated rings. The summed E-state index contributed by atoms with van der Waals surface area (Å²) in [6.07, 6.45) is 2.40. The summed E-state index contributed by atoms with van der Waals surface area (Å²) >= 11 is 0. The monoisotopic (exact) mass is 215 g/mol. The van der Waals surface area contributed by atoms with E-state index in [1.807, 2.05) is 6.92 Å². The molecule has 0 aromatic carbocycles. The lowest BCUT2D eigenvalue weighted by molar-refractivity contribution is -0.154. The topological polar surface area (TPSA) is 55.4 Å². The Balaban J connectivity index is 3.73. The minimum Gasteiger partial charge on any atom is -0.453 e. The summed E-state index contributed by atoms with van der Waals surface area (Å²) in [6.45, 7) is 6.18. The minimum atomic E-state index is -0.680. The molecule has 0 aromatic rings. The van der Waals surface area contributed by atoms with Crippen LogP contribution in [0.1, 0.15) is 46.5 Å². The highest BCUT2D eigenvalue weighted by Gasteiger charge is 2.16. The summed E-state index contributed by atoms with van der Waals surface area (Å²) in [6, 6.07) is 0. The van der Waals surface area contributed by atoms with Crippen molar-refractivity contribution >= 4 is 11.9 Å². The van der Waals surface area contributed by atoms with E-state index in [0.717, 1.165) is 19.3 Å². The smallest absolute Gasteiger partial charge is 0.306 e. The summed E-state index contributed by atoms with van der Waals surface area (Å²) < 4.78 is 4.93. The summed E-state index contributed by atoms with van der Waals surface area (Å²) in [5.41, 5.74) is 0. The number of hydrogen-bond donors (Lipinski definition) is 1. The highest BCUT2D eigenvalue weighted by molar-refractivity contribution is 5.83. The SMILES string of the molecule is CCCCNC(=O)[C@H](C)OC(=O)CCC. The molecule has 15 heavy (non-hydrogen) atoms. The Hall–Kier alpha value is -1.06. The molecule has 0 aromatic heterocycles. The first-order valence-corrected chi connectivity index (χ1v) is 5.59. The molecule has 4 nitrogen and oxygen atoms in total. The quantitative estimate of drug-likeness (QED) is 0.519. The first kappa shape index (κ1) is 13.9. The number of rotatable bonds is 7. The zero-order chi connectivity index (χ0) is 11.7. The second-order valence-electron chi connectivity index (χ2n) is 3.53. The van der Waals surface area contributed by atoms with Gasteiger partial charge < -0.3 is 10.1 Å². The number of unbranched alkanes of at least 4 members (excludes halogenated alkanes) is 1. The van der Waals surface area contributed by atoms with Crippen LogP contribution in [0.5, 0.6) is 0 Å². The third-order valence-electron chi connectivity index (χ3n) is 1.96. The molecule has 0 saturated heterocycles. The normalized spacial score (nSPS) is 11.9. The van der Waals surface area contributed by atoms with Gasteiger partial charge in [0.05, 0.1) is 0 Å². The zero-order valence-corrected chi connectivity index (χ0v) is 9.84. The van der Waals surface area contributed by atoms with E-state index in [9.17, 15) is 9.59 Å². The molecule has 0 unspecified atom stereocenters. The van der Waals surface area contributed by atoms with Crippen molar-refractivity contribution in [1.82, 2.24) is 5.32 Å². The van der Waals surface area contributed by atoms with E-state index in [1.165, 1.54) is 0 Å². The lowest BCUT2D eigenvalue weighted by atomic mass is 10.3. The van der Waals surface area contributed by atoms with E-state index in [1.54, 1.807) is 6.92 Å². The van der Waals surface area contributed by atoms with E-state index in [4.69, 9.17) is 4.74 Å². The van der Waals surface area contributed by atoms with E-state index in [-0.39, 0.29) is 11.9 Å². The van der Waals surface area contributed by atoms with Crippen LogP contribution < -0.4 is 5.32 Å². The van der Waals surface area contributed by atoms with Gasteiger partial charge in [-0.25, -0.2) is 0 Å². The van der Waals surface area contributed by atoms with E-state index >= 15 is 0 Å². The van der Waals surface area contributed by atoms with Crippen LogP contribution in [0.4, 0.5) is 0 Å². The molecule has 0 saturated carbocycles. The average molecular weight is 215 g/mol. The lowest BCUT2D eigenvalue weighted by Crippen LogP contribution is -2.36. The minimum absolute atomic E-state index is 0.215. The fraction of sp³-hybridized carbons (Fsp3) is 0.818. The van der Waals surface area contributed by atoms with Gasteiger partial charge in [0.1, 0.15) is 0 Å². The average Bonchev–Trinajstić information content (AvgIpc) is 2.18. The number of esters is 1. The maximum absolute atomic E-state index is 11.4. The van der Waals surface area contributed by atoms with Crippen molar-refractivity contribution in [3.05, 3.63) is 0 Å². The molecule has 0 aliphatic rings. The standard InChI is InChI=1S/C11H21NO3/c1-4-6-8-12-11(14)9(3)15-10(13)7-5-2/h9H,4-8H2,1-3H3,(H,12,14)/t9-/m0/s1. The van der Waals surface area contributed by atoms with Crippen LogP contribution in [-0.4, -0.2) is 24.5 Å². The number of amides is 1. The summed E-state index contributed by atoms with van der Waals surface area (Å²) in [4.78, 5) is 22.5. The Morgan fingerprint density at radius 2 is 1.93 bits per heavy atom. The Kier molecular flexibility index (Phi) is 7.68. The van der Waals surface area contributed by atoms with Crippen molar-refractivity contribution in [1.29, 1.82) is 0 Å². The van der Waals surface area contributed by atoms with Crippen LogP contribution in [-0.2, 0) is 14.3 Å². The highest BCUT2D eigenvalue weighted by Crippen LogP contribution is 1.97. The third kappa shape index (κ3) is 6.94. The van der Waals surface area contributed by atoms with Crippen molar-refractivity contribution in [2.45, 2.75) is 52.6 Å². The van der Waals surface area contributed by atoms with Gasteiger partial charge >= 0.3 is 5.97 Å². The Morgan fingerprint density at radius 1 is 1.27 bits per heavy atom. The van der Waals surface area contributed by atoms with Gasteiger partial charge in [0.2, 0.25) is 0 Å². The van der Waals surface area contributed by atoms with Gasteiger partial charge in [0, 0.05) is 13.0 Å². The van der Waals surface area contributed by atoms with E-state index < -0.39 is 6.10 Å². The van der Waals surface area contributed by atoms with Crippen molar-refractivity contribution in [2.75, 3.05) is 6.54 Å². The van der Waals surface area contributed by atoms with Gasteiger partial charge in [0.15, 0.2) is 6.10 Å². The van der Waals surface area contributed by atoms with E-state index in [0.29, 0.717) is 13.0 Å². The van der Waals surface area contributed by atoms with Crippen LogP contribution >= 0.6 is 0 Å². The van der Waals surface area contributed by atoms with Crippen molar-refractivity contribution in [3.63, 3.8) is 0 Å². The van der Waals surface area contributed by atoms with Crippen LogP contribution in [0.15, 0.2) is 0 Å². The molecule has 1 amide bonds. The molecule has 0 bridgehead atoms. The molecule has 4 heteroatoms. The maximum Gasteiger partial charge on any atom is 0.306 e. The first-order chi connectivity index (χ1) is 7.11. The number of nitrogens with one attached hydrogen (secondary N) is 1. The third-order valence-corrected chi connectivity index (χ3v) is 1.96. The summed E-state index contributed by atoms with van der Waals surface area (Å²) in [7, 11) is 0. The zero-order valence-electron chi connectivity index (χ0n) is 9.84. The molecule has 1 atom stereocenters. The van der Waals surface area contributed by atoms with Crippen LogP contribution in [0.2, 0.25) is 0 Å². The van der Waals surface area contributed by atoms with Gasteiger partial charge in [-0.05, 0) is 19.8 Å². The summed E-state index contributed by atoms with van der Waals surface area (Å²) in [5.74, 6) is -0.524. The molecule has 0 heterocycles. The molecule has 0 aliphatic carbocycles. The highest BCUT2D eigenvalue weighted by atomic mass is 16.5. The maximum atomic E-state index is 11.4. The van der Waals surface area contributed by atoms with Crippen LogP contribution in [0.25, 0.3) is 0 Å². The predicted octanol–water partition coefficient (Wildman–Crippen LogP) is 1.63. The number of carbonyl (C=O) groups excluding carboxylic acids is 2. The summed E-state index contributed by atoms with van der Waals surface area (Å²) in [5, 5.41) is 2.71. The lowest BCUT2D eigenvalue weighted by Gasteiger charge is -2.12. The Bertz CT molecular complexity index is 204. The van der Waals surface area contributed by atoms with Crippen molar-refractivity contribution < 1.29 is 14.3 Å². The van der Waals surface area contributed by atoms with Gasteiger partial charge in [0.25, 0.3) is 5.91 Å². The van der Waals surface area contributed by atoms with Gasteiger partial charge in [-0.2, -0.15) is 0 Å². The second kappa shape index (κ2) is 8.26. The van der Waals surface area contributed by atoms with Gasteiger partial charge in [-0.15, -0.1) is 0 Å². The van der Waals surface area contributed by atoms with E-state index in [2.05, 4.69) is 12.2 Å². The van der Waals surface area contributed by atoms with Crippen LogP contribution in [0, 0.1) is 0 Å². The van der Waals surface area contributed by atoms with Gasteiger partial charge in [-0.1, -0.05) is 20.3 Å². The predicted molar refractivity (Wildman–Crippen MR) is 58.4 cm³/mol. The molecule has 0 aliphatic heterocycles. The van der Waals surface area contributed by atoms with Crippen molar-refractivity contribution in [2.24, 2.45) is 0 Å². The number of ether oxygens (including phenoxy) is 1. The molecule has 88 valence electrons.